The molecule has 0 spiro atoms. The number of furan rings is 1. The molecule has 268 valence electrons. The summed E-state index contributed by atoms with van der Waals surface area (Å²) in [6.45, 7) is 0. The van der Waals surface area contributed by atoms with Gasteiger partial charge < -0.3 is 4.42 Å². The van der Waals surface area contributed by atoms with Crippen LogP contribution in [-0.4, -0.2) is 19.5 Å². The molecule has 0 N–H and O–H groups in total. The molecule has 4 heterocycles. The lowest BCUT2D eigenvalue weighted by Crippen LogP contribution is -2.30. The minimum atomic E-state index is -0.560. The predicted molar refractivity (Wildman–Crippen MR) is 231 cm³/mol. The van der Waals surface area contributed by atoms with E-state index in [1.807, 2.05) is 12.1 Å². The summed E-state index contributed by atoms with van der Waals surface area (Å²) in [6.07, 6.45) is 1.76. The highest BCUT2D eigenvalue weighted by Gasteiger charge is 2.38. The molecule has 7 aromatic carbocycles. The molecule has 0 amide bonds. The number of nitrogens with zero attached hydrogens (tertiary/aromatic N) is 4. The van der Waals surface area contributed by atoms with Gasteiger partial charge in [-0.3, -0.25) is 4.57 Å². The van der Waals surface area contributed by atoms with Crippen molar-refractivity contribution < 1.29 is 4.42 Å². The van der Waals surface area contributed by atoms with Crippen LogP contribution in [0.4, 0.5) is 0 Å². The molecule has 0 saturated heterocycles. The summed E-state index contributed by atoms with van der Waals surface area (Å²) in [5.74, 6) is 1.42. The van der Waals surface area contributed by atoms with Crippen molar-refractivity contribution in [2.45, 2.75) is 5.41 Å². The number of fused-ring (bicyclic) bond motifs is 6. The minimum absolute atomic E-state index is 0.560. The molecular formula is C52H34N4O. The van der Waals surface area contributed by atoms with Crippen molar-refractivity contribution in [3.8, 4) is 28.5 Å². The third kappa shape index (κ3) is 5.28. The molecule has 0 aliphatic rings. The third-order valence-corrected chi connectivity index (χ3v) is 11.3. The molecule has 5 heteroatoms. The fourth-order valence-electron chi connectivity index (χ4n) is 8.70. The van der Waals surface area contributed by atoms with Crippen molar-refractivity contribution in [1.82, 2.24) is 19.5 Å². The SMILES string of the molecule is c1ccc(C(c2ccccc2)(c2ccccc2)c2ccc(-c3nc(-c4ccc5c(c4)oc4ncccc45)cc(-n4c5ccccc5c5ccccc54)n3)cc2)cc1. The van der Waals surface area contributed by atoms with Gasteiger partial charge in [-0.25, -0.2) is 15.0 Å². The van der Waals surface area contributed by atoms with Crippen LogP contribution in [-0.2, 0) is 5.41 Å². The zero-order chi connectivity index (χ0) is 37.8. The Bertz CT molecular complexity index is 3070. The molecule has 0 fully saturated rings. The molecule has 4 aromatic heterocycles. The Morgan fingerprint density at radius 2 is 0.947 bits per heavy atom. The first kappa shape index (κ1) is 32.8. The summed E-state index contributed by atoms with van der Waals surface area (Å²) in [6, 6.07) is 70.6. The van der Waals surface area contributed by atoms with Crippen LogP contribution in [0.25, 0.3) is 72.3 Å². The standard InChI is InChI=1S/C52H34N4O/c1-4-15-37(16-5-1)52(38-17-6-2-7-18-38,39-19-8-3-9-20-39)40-29-26-35(27-30-40)50-54-45(36-28-31-43-44-23-14-32-53-51(44)57-48(43)33-36)34-49(55-50)56-46-24-12-10-21-41(46)42-22-11-13-25-47(42)56/h1-34H. The highest BCUT2D eigenvalue weighted by molar-refractivity contribution is 6.09. The first-order valence-corrected chi connectivity index (χ1v) is 19.2. The van der Waals surface area contributed by atoms with E-state index in [0.29, 0.717) is 11.5 Å². The minimum Gasteiger partial charge on any atom is -0.438 e. The van der Waals surface area contributed by atoms with E-state index < -0.39 is 5.41 Å². The molecule has 0 aliphatic heterocycles. The maximum Gasteiger partial charge on any atom is 0.227 e. The van der Waals surface area contributed by atoms with Crippen LogP contribution in [0.5, 0.6) is 0 Å². The first-order valence-electron chi connectivity index (χ1n) is 19.2. The Morgan fingerprint density at radius 3 is 1.56 bits per heavy atom. The molecule has 0 unspecified atom stereocenters. The van der Waals surface area contributed by atoms with Gasteiger partial charge in [0.05, 0.1) is 22.1 Å². The van der Waals surface area contributed by atoms with Gasteiger partial charge in [-0.2, -0.15) is 0 Å². The average molecular weight is 731 g/mol. The number of hydrogen-bond acceptors (Lipinski definition) is 4. The lowest BCUT2D eigenvalue weighted by molar-refractivity contribution is 0.654. The van der Waals surface area contributed by atoms with E-state index in [2.05, 4.69) is 198 Å². The normalized spacial score (nSPS) is 11.9. The zero-order valence-electron chi connectivity index (χ0n) is 30.8. The second-order valence-electron chi connectivity index (χ2n) is 14.4. The molecule has 5 nitrogen and oxygen atoms in total. The van der Waals surface area contributed by atoms with Crippen LogP contribution in [0.15, 0.2) is 211 Å². The van der Waals surface area contributed by atoms with Crippen LogP contribution < -0.4 is 0 Å². The van der Waals surface area contributed by atoms with Gasteiger partial charge in [-0.15, -0.1) is 0 Å². The first-order chi connectivity index (χ1) is 28.3. The van der Waals surface area contributed by atoms with E-state index in [1.54, 1.807) is 6.20 Å². The molecule has 0 radical (unpaired) electrons. The van der Waals surface area contributed by atoms with Gasteiger partial charge in [0.15, 0.2) is 5.82 Å². The van der Waals surface area contributed by atoms with Crippen LogP contribution in [0, 0.1) is 0 Å². The lowest BCUT2D eigenvalue weighted by atomic mass is 9.65. The number of pyridine rings is 1. The Morgan fingerprint density at radius 1 is 0.421 bits per heavy atom. The second kappa shape index (κ2) is 13.3. The third-order valence-electron chi connectivity index (χ3n) is 11.3. The van der Waals surface area contributed by atoms with Crippen molar-refractivity contribution in [3.05, 3.63) is 229 Å². The van der Waals surface area contributed by atoms with Crippen molar-refractivity contribution >= 4 is 43.9 Å². The maximum absolute atomic E-state index is 6.24. The van der Waals surface area contributed by atoms with E-state index in [9.17, 15) is 0 Å². The quantitative estimate of drug-likeness (QED) is 0.153. The van der Waals surface area contributed by atoms with Crippen LogP contribution >= 0.6 is 0 Å². The van der Waals surface area contributed by atoms with Gasteiger partial charge in [0.2, 0.25) is 5.71 Å². The van der Waals surface area contributed by atoms with Crippen LogP contribution in [0.1, 0.15) is 22.3 Å². The molecule has 11 rings (SSSR count). The summed E-state index contributed by atoms with van der Waals surface area (Å²) in [7, 11) is 0. The topological polar surface area (TPSA) is 56.7 Å². The average Bonchev–Trinajstić information content (AvgIpc) is 3.83. The van der Waals surface area contributed by atoms with Crippen LogP contribution in [0.2, 0.25) is 0 Å². The van der Waals surface area contributed by atoms with Gasteiger partial charge in [-0.05, 0) is 58.7 Å². The van der Waals surface area contributed by atoms with Crippen molar-refractivity contribution in [1.29, 1.82) is 0 Å². The molecule has 0 aliphatic carbocycles. The maximum atomic E-state index is 6.24. The van der Waals surface area contributed by atoms with Gasteiger partial charge >= 0.3 is 0 Å². The highest BCUT2D eigenvalue weighted by Crippen LogP contribution is 2.45. The van der Waals surface area contributed by atoms with Crippen LogP contribution in [0.3, 0.4) is 0 Å². The smallest absolute Gasteiger partial charge is 0.227 e. The van der Waals surface area contributed by atoms with Crippen molar-refractivity contribution in [3.63, 3.8) is 0 Å². The summed E-state index contributed by atoms with van der Waals surface area (Å²) in [5, 5.41) is 4.36. The lowest BCUT2D eigenvalue weighted by Gasteiger charge is -2.37. The van der Waals surface area contributed by atoms with Gasteiger partial charge in [0.1, 0.15) is 11.4 Å². The molecular weight excluding hydrogens is 697 g/mol. The molecule has 0 atom stereocenters. The largest absolute Gasteiger partial charge is 0.438 e. The molecule has 57 heavy (non-hydrogen) atoms. The fourth-order valence-corrected chi connectivity index (χ4v) is 8.70. The van der Waals surface area contributed by atoms with E-state index in [4.69, 9.17) is 14.4 Å². The number of rotatable bonds is 7. The van der Waals surface area contributed by atoms with Gasteiger partial charge in [0.25, 0.3) is 0 Å². The van der Waals surface area contributed by atoms with E-state index in [1.165, 1.54) is 27.5 Å². The molecule has 0 bridgehead atoms. The summed E-state index contributed by atoms with van der Waals surface area (Å²) < 4.78 is 8.49. The van der Waals surface area contributed by atoms with Gasteiger partial charge in [-0.1, -0.05) is 158 Å². The number of aromatic nitrogens is 4. The Kier molecular flexibility index (Phi) is 7.64. The fraction of sp³-hybridized carbons (Fsp3) is 0.0192. The van der Waals surface area contributed by atoms with Gasteiger partial charge in [0, 0.05) is 44.9 Å². The molecule has 11 aromatic rings. The summed E-state index contributed by atoms with van der Waals surface area (Å²) in [5.41, 5.74) is 10.4. The van der Waals surface area contributed by atoms with E-state index >= 15 is 0 Å². The number of benzene rings is 7. The number of hydrogen-bond donors (Lipinski definition) is 0. The van der Waals surface area contributed by atoms with E-state index in [0.717, 1.165) is 55.6 Å². The Balaban J connectivity index is 1.13. The second-order valence-corrected chi connectivity index (χ2v) is 14.4. The highest BCUT2D eigenvalue weighted by atomic mass is 16.3. The Hall–Kier alpha value is -7.63. The number of para-hydroxylation sites is 2. The zero-order valence-corrected chi connectivity index (χ0v) is 30.8. The van der Waals surface area contributed by atoms with Crippen molar-refractivity contribution in [2.24, 2.45) is 0 Å². The van der Waals surface area contributed by atoms with Crippen molar-refractivity contribution in [2.75, 3.05) is 0 Å². The summed E-state index contributed by atoms with van der Waals surface area (Å²) in [4.78, 5) is 15.1. The Labute approximate surface area is 329 Å². The predicted octanol–water partition coefficient (Wildman–Crippen LogP) is 12.6. The van der Waals surface area contributed by atoms with E-state index in [-0.39, 0.29) is 0 Å². The monoisotopic (exact) mass is 730 g/mol. The molecule has 0 saturated carbocycles. The summed E-state index contributed by atoms with van der Waals surface area (Å²) >= 11 is 0.